The van der Waals surface area contributed by atoms with Crippen molar-refractivity contribution in [2.75, 3.05) is 0 Å². The molecule has 1 aromatic heterocycles. The Hall–Kier alpha value is -2.39. The zero-order valence-corrected chi connectivity index (χ0v) is 11.3. The SMILES string of the molecule is Cl/C(=C\c1ccccc1)c1nc(-c2ccccc2)no1. The highest BCUT2D eigenvalue weighted by Gasteiger charge is 2.10. The first-order valence-corrected chi connectivity index (χ1v) is 6.52. The van der Waals surface area contributed by atoms with Crippen LogP contribution in [0.2, 0.25) is 0 Å². The Morgan fingerprint density at radius 3 is 2.30 bits per heavy atom. The van der Waals surface area contributed by atoms with Crippen LogP contribution < -0.4 is 0 Å². The van der Waals surface area contributed by atoms with Crippen molar-refractivity contribution in [3.8, 4) is 11.4 Å². The fourth-order valence-electron chi connectivity index (χ4n) is 1.78. The Bertz CT molecular complexity index is 721. The van der Waals surface area contributed by atoms with Crippen LogP contribution in [0.5, 0.6) is 0 Å². The molecule has 0 saturated heterocycles. The first kappa shape index (κ1) is 12.6. The van der Waals surface area contributed by atoms with E-state index in [2.05, 4.69) is 10.1 Å². The van der Waals surface area contributed by atoms with Gasteiger partial charge in [0, 0.05) is 5.56 Å². The molecule has 2 aromatic carbocycles. The molecule has 0 saturated carbocycles. The van der Waals surface area contributed by atoms with Gasteiger partial charge in [-0.25, -0.2) is 0 Å². The Balaban J connectivity index is 1.89. The second-order valence-electron chi connectivity index (χ2n) is 4.19. The molecule has 1 heterocycles. The van der Waals surface area contributed by atoms with Gasteiger partial charge in [-0.2, -0.15) is 4.98 Å². The number of hydrogen-bond acceptors (Lipinski definition) is 3. The molecule has 0 bridgehead atoms. The minimum absolute atomic E-state index is 0.314. The van der Waals surface area contributed by atoms with Gasteiger partial charge in [-0.05, 0) is 11.6 Å². The highest BCUT2D eigenvalue weighted by Crippen LogP contribution is 2.23. The van der Waals surface area contributed by atoms with Crippen LogP contribution in [0.15, 0.2) is 65.2 Å². The summed E-state index contributed by atoms with van der Waals surface area (Å²) in [6.07, 6.45) is 1.80. The third-order valence-corrected chi connectivity index (χ3v) is 3.03. The van der Waals surface area contributed by atoms with Crippen molar-refractivity contribution in [3.05, 3.63) is 72.1 Å². The first-order valence-electron chi connectivity index (χ1n) is 6.15. The van der Waals surface area contributed by atoms with Crippen molar-refractivity contribution in [2.24, 2.45) is 0 Å². The third kappa shape index (κ3) is 2.78. The van der Waals surface area contributed by atoms with Gasteiger partial charge in [0.2, 0.25) is 5.82 Å². The van der Waals surface area contributed by atoms with E-state index in [1.54, 1.807) is 6.08 Å². The quantitative estimate of drug-likeness (QED) is 0.711. The Kier molecular flexibility index (Phi) is 3.61. The van der Waals surface area contributed by atoms with E-state index < -0.39 is 0 Å². The Labute approximate surface area is 121 Å². The van der Waals surface area contributed by atoms with E-state index in [4.69, 9.17) is 16.1 Å². The number of nitrogens with zero attached hydrogens (tertiary/aromatic N) is 2. The molecule has 98 valence electrons. The molecule has 0 amide bonds. The number of benzene rings is 2. The average molecular weight is 283 g/mol. The Morgan fingerprint density at radius 1 is 0.950 bits per heavy atom. The number of aromatic nitrogens is 2. The molecule has 3 nitrogen and oxygen atoms in total. The van der Waals surface area contributed by atoms with Crippen LogP contribution in [-0.2, 0) is 0 Å². The lowest BCUT2D eigenvalue weighted by atomic mass is 10.2. The summed E-state index contributed by atoms with van der Waals surface area (Å²) < 4.78 is 5.19. The molecule has 0 aliphatic rings. The van der Waals surface area contributed by atoms with Crippen LogP contribution >= 0.6 is 11.6 Å². The zero-order valence-electron chi connectivity index (χ0n) is 10.5. The molecule has 0 atom stereocenters. The predicted octanol–water partition coefficient (Wildman–Crippen LogP) is 4.47. The summed E-state index contributed by atoms with van der Waals surface area (Å²) in [6.45, 7) is 0. The lowest BCUT2D eigenvalue weighted by Gasteiger charge is -1.93. The molecule has 0 aliphatic heterocycles. The fourth-order valence-corrected chi connectivity index (χ4v) is 1.99. The lowest BCUT2D eigenvalue weighted by Crippen LogP contribution is -1.81. The molecule has 3 aromatic rings. The molecule has 0 fully saturated rings. The van der Waals surface area contributed by atoms with Crippen LogP contribution in [-0.4, -0.2) is 10.1 Å². The first-order chi connectivity index (χ1) is 9.83. The zero-order chi connectivity index (χ0) is 13.8. The maximum atomic E-state index is 6.21. The maximum Gasteiger partial charge on any atom is 0.269 e. The summed E-state index contributed by atoms with van der Waals surface area (Å²) in [5, 5.41) is 4.36. The van der Waals surface area contributed by atoms with Gasteiger partial charge in [-0.15, -0.1) is 0 Å². The third-order valence-electron chi connectivity index (χ3n) is 2.76. The molecule has 0 N–H and O–H groups in total. The van der Waals surface area contributed by atoms with Crippen molar-refractivity contribution >= 4 is 22.7 Å². The number of halogens is 1. The van der Waals surface area contributed by atoms with E-state index in [0.717, 1.165) is 11.1 Å². The topological polar surface area (TPSA) is 38.9 Å². The largest absolute Gasteiger partial charge is 0.333 e. The van der Waals surface area contributed by atoms with Crippen molar-refractivity contribution < 1.29 is 4.52 Å². The van der Waals surface area contributed by atoms with Gasteiger partial charge in [0.05, 0.1) is 0 Å². The van der Waals surface area contributed by atoms with Crippen LogP contribution in [0.4, 0.5) is 0 Å². The second-order valence-corrected chi connectivity index (χ2v) is 4.60. The minimum atomic E-state index is 0.314. The maximum absolute atomic E-state index is 6.21. The molecule has 20 heavy (non-hydrogen) atoms. The van der Waals surface area contributed by atoms with Crippen molar-refractivity contribution in [1.82, 2.24) is 10.1 Å². The average Bonchev–Trinajstić information content (AvgIpc) is 2.99. The van der Waals surface area contributed by atoms with Gasteiger partial charge in [0.15, 0.2) is 0 Å². The van der Waals surface area contributed by atoms with Gasteiger partial charge in [0.1, 0.15) is 5.03 Å². The van der Waals surface area contributed by atoms with E-state index in [9.17, 15) is 0 Å². The molecular weight excluding hydrogens is 272 g/mol. The van der Waals surface area contributed by atoms with Crippen LogP contribution in [0.3, 0.4) is 0 Å². The van der Waals surface area contributed by atoms with Crippen molar-refractivity contribution in [1.29, 1.82) is 0 Å². The van der Waals surface area contributed by atoms with E-state index in [1.165, 1.54) is 0 Å². The van der Waals surface area contributed by atoms with Gasteiger partial charge >= 0.3 is 0 Å². The fraction of sp³-hybridized carbons (Fsp3) is 0. The van der Waals surface area contributed by atoms with Gasteiger partial charge < -0.3 is 4.52 Å². The van der Waals surface area contributed by atoms with Crippen LogP contribution in [0.25, 0.3) is 22.5 Å². The van der Waals surface area contributed by atoms with E-state index >= 15 is 0 Å². The summed E-state index contributed by atoms with van der Waals surface area (Å²) in [6, 6.07) is 19.4. The molecule has 0 radical (unpaired) electrons. The smallest absolute Gasteiger partial charge is 0.269 e. The summed E-state index contributed by atoms with van der Waals surface area (Å²) in [7, 11) is 0. The lowest BCUT2D eigenvalue weighted by molar-refractivity contribution is 0.410. The molecule has 0 unspecified atom stereocenters. The number of rotatable bonds is 3. The van der Waals surface area contributed by atoms with Crippen LogP contribution in [0, 0.1) is 0 Å². The van der Waals surface area contributed by atoms with Crippen molar-refractivity contribution in [3.63, 3.8) is 0 Å². The highest BCUT2D eigenvalue weighted by atomic mass is 35.5. The second kappa shape index (κ2) is 5.72. The minimum Gasteiger partial charge on any atom is -0.333 e. The van der Waals surface area contributed by atoms with Crippen LogP contribution in [0.1, 0.15) is 11.5 Å². The standard InChI is InChI=1S/C16H11ClN2O/c17-14(11-12-7-3-1-4-8-12)16-18-15(19-20-16)13-9-5-2-6-10-13/h1-11H/b14-11-. The molecule has 4 heteroatoms. The summed E-state index contributed by atoms with van der Waals surface area (Å²) in [5.74, 6) is 0.842. The van der Waals surface area contributed by atoms with Crippen molar-refractivity contribution in [2.45, 2.75) is 0 Å². The predicted molar refractivity (Wildman–Crippen MR) is 79.9 cm³/mol. The normalized spacial score (nSPS) is 11.6. The van der Waals surface area contributed by atoms with Gasteiger partial charge in [-0.1, -0.05) is 77.4 Å². The highest BCUT2D eigenvalue weighted by molar-refractivity contribution is 6.50. The van der Waals surface area contributed by atoms with E-state index in [0.29, 0.717) is 16.7 Å². The molecule has 3 rings (SSSR count). The molecular formula is C16H11ClN2O. The van der Waals surface area contributed by atoms with Gasteiger partial charge in [0.25, 0.3) is 5.89 Å². The molecule has 0 spiro atoms. The summed E-state index contributed by atoms with van der Waals surface area (Å²) in [5.41, 5.74) is 1.88. The summed E-state index contributed by atoms with van der Waals surface area (Å²) >= 11 is 6.21. The number of hydrogen-bond donors (Lipinski definition) is 0. The van der Waals surface area contributed by atoms with E-state index in [1.807, 2.05) is 60.7 Å². The Morgan fingerprint density at radius 2 is 1.60 bits per heavy atom. The van der Waals surface area contributed by atoms with E-state index in [-0.39, 0.29) is 0 Å². The monoisotopic (exact) mass is 282 g/mol. The summed E-state index contributed by atoms with van der Waals surface area (Å²) in [4.78, 5) is 4.30. The molecule has 0 aliphatic carbocycles. The van der Waals surface area contributed by atoms with Gasteiger partial charge in [-0.3, -0.25) is 0 Å².